The van der Waals surface area contributed by atoms with Gasteiger partial charge in [0.2, 0.25) is 0 Å². The van der Waals surface area contributed by atoms with Crippen LogP contribution in [0.15, 0.2) is 18.2 Å². The van der Waals surface area contributed by atoms with E-state index in [-0.39, 0.29) is 12.1 Å². The molecule has 2 nitrogen and oxygen atoms in total. The molecule has 0 aliphatic heterocycles. The van der Waals surface area contributed by atoms with Crippen LogP contribution in [0.3, 0.4) is 0 Å². The van der Waals surface area contributed by atoms with E-state index in [1.807, 2.05) is 0 Å². The lowest BCUT2D eigenvalue weighted by Crippen LogP contribution is -2.42. The zero-order chi connectivity index (χ0) is 15.4. The van der Waals surface area contributed by atoms with Crippen LogP contribution < -0.4 is 5.32 Å². The van der Waals surface area contributed by atoms with Crippen LogP contribution in [0, 0.1) is 23.5 Å². The Labute approximate surface area is 125 Å². The van der Waals surface area contributed by atoms with Crippen LogP contribution in [0.25, 0.3) is 0 Å². The van der Waals surface area contributed by atoms with Gasteiger partial charge >= 0.3 is 0 Å². The van der Waals surface area contributed by atoms with Crippen molar-refractivity contribution in [2.45, 2.75) is 51.7 Å². The molecule has 0 spiro atoms. The van der Waals surface area contributed by atoms with Gasteiger partial charge in [0.15, 0.2) is 0 Å². The minimum absolute atomic E-state index is 0.186. The number of hydrogen-bond donors (Lipinski definition) is 2. The average molecular weight is 297 g/mol. The first-order valence-electron chi connectivity index (χ1n) is 7.86. The molecule has 4 heteroatoms. The molecule has 1 aromatic rings. The molecular weight excluding hydrogens is 272 g/mol. The molecule has 0 radical (unpaired) electrons. The summed E-state index contributed by atoms with van der Waals surface area (Å²) in [4.78, 5) is 0. The first kappa shape index (κ1) is 16.4. The Bertz CT molecular complexity index is 444. The maximum absolute atomic E-state index is 13.6. The summed E-state index contributed by atoms with van der Waals surface area (Å²) in [5, 5.41) is 13.4. The second-order valence-electron chi connectivity index (χ2n) is 6.36. The fourth-order valence-corrected chi connectivity index (χ4v) is 3.41. The lowest BCUT2D eigenvalue weighted by Gasteiger charge is -2.35. The third-order valence-corrected chi connectivity index (χ3v) is 4.58. The number of hydrogen-bond acceptors (Lipinski definition) is 2. The molecule has 2 N–H and O–H groups in total. The van der Waals surface area contributed by atoms with E-state index in [4.69, 9.17) is 0 Å². The van der Waals surface area contributed by atoms with E-state index in [1.54, 1.807) is 0 Å². The number of benzene rings is 1. The van der Waals surface area contributed by atoms with E-state index in [1.165, 1.54) is 37.5 Å². The summed E-state index contributed by atoms with van der Waals surface area (Å²) in [6, 6.07) is 3.99. The van der Waals surface area contributed by atoms with Crippen molar-refractivity contribution in [2.24, 2.45) is 11.8 Å². The Morgan fingerprint density at radius 1 is 1.19 bits per heavy atom. The fourth-order valence-electron chi connectivity index (χ4n) is 3.41. The first-order valence-corrected chi connectivity index (χ1v) is 7.86. The highest BCUT2D eigenvalue weighted by Gasteiger charge is 2.28. The highest BCUT2D eigenvalue weighted by atomic mass is 19.1. The van der Waals surface area contributed by atoms with Crippen molar-refractivity contribution in [1.29, 1.82) is 0 Å². The van der Waals surface area contributed by atoms with Crippen LogP contribution in [-0.4, -0.2) is 17.7 Å². The summed E-state index contributed by atoms with van der Waals surface area (Å²) in [6.07, 6.45) is 3.51. The molecule has 0 bridgehead atoms. The van der Waals surface area contributed by atoms with Crippen LogP contribution in [0.5, 0.6) is 0 Å². The molecule has 21 heavy (non-hydrogen) atoms. The lowest BCUT2D eigenvalue weighted by atomic mass is 9.78. The quantitative estimate of drug-likeness (QED) is 0.866. The van der Waals surface area contributed by atoms with Crippen molar-refractivity contribution in [3.05, 3.63) is 35.4 Å². The lowest BCUT2D eigenvalue weighted by molar-refractivity contribution is 0.138. The van der Waals surface area contributed by atoms with E-state index >= 15 is 0 Å². The van der Waals surface area contributed by atoms with Gasteiger partial charge in [-0.15, -0.1) is 0 Å². The summed E-state index contributed by atoms with van der Waals surface area (Å²) >= 11 is 0. The zero-order valence-corrected chi connectivity index (χ0v) is 12.8. The van der Waals surface area contributed by atoms with E-state index < -0.39 is 17.7 Å². The van der Waals surface area contributed by atoms with Crippen LogP contribution in [0.2, 0.25) is 0 Å². The van der Waals surface area contributed by atoms with Gasteiger partial charge in [-0.25, -0.2) is 8.78 Å². The highest BCUT2D eigenvalue weighted by Crippen LogP contribution is 2.30. The second kappa shape index (κ2) is 7.32. The summed E-state index contributed by atoms with van der Waals surface area (Å²) in [5.41, 5.74) is -0.234. The third-order valence-electron chi connectivity index (χ3n) is 4.58. The number of aliphatic hydroxyl groups is 1. The molecule has 1 aromatic carbocycles. The Kier molecular flexibility index (Phi) is 5.71. The molecule has 2 rings (SSSR count). The maximum Gasteiger partial charge on any atom is 0.131 e. The zero-order valence-electron chi connectivity index (χ0n) is 12.8. The Balaban J connectivity index is 1.98. The second-order valence-corrected chi connectivity index (χ2v) is 6.36. The van der Waals surface area contributed by atoms with Crippen LogP contribution >= 0.6 is 0 Å². The van der Waals surface area contributed by atoms with Gasteiger partial charge in [-0.2, -0.15) is 0 Å². The van der Waals surface area contributed by atoms with Crippen LogP contribution in [-0.2, 0) is 0 Å². The van der Waals surface area contributed by atoms with Crippen LogP contribution in [0.4, 0.5) is 8.78 Å². The molecular formula is C17H25F2NO. The van der Waals surface area contributed by atoms with Crippen LogP contribution in [0.1, 0.15) is 51.2 Å². The summed E-state index contributed by atoms with van der Waals surface area (Å²) in [5.74, 6) is -0.233. The van der Waals surface area contributed by atoms with Crippen molar-refractivity contribution < 1.29 is 13.9 Å². The monoisotopic (exact) mass is 297 g/mol. The van der Waals surface area contributed by atoms with Crippen molar-refractivity contribution in [1.82, 2.24) is 5.32 Å². The molecule has 118 valence electrons. The Hall–Kier alpha value is -1.00. The molecule has 0 saturated heterocycles. The predicted octanol–water partition coefficient (Wildman–Crippen LogP) is 3.80. The van der Waals surface area contributed by atoms with Gasteiger partial charge in [-0.1, -0.05) is 32.8 Å². The largest absolute Gasteiger partial charge is 0.387 e. The minimum Gasteiger partial charge on any atom is -0.387 e. The molecule has 1 aliphatic rings. The average Bonchev–Trinajstić information content (AvgIpc) is 2.45. The van der Waals surface area contributed by atoms with Gasteiger partial charge in [-0.05, 0) is 36.8 Å². The van der Waals surface area contributed by atoms with Crippen molar-refractivity contribution in [3.63, 3.8) is 0 Å². The molecule has 0 heterocycles. The van der Waals surface area contributed by atoms with Gasteiger partial charge in [-0.3, -0.25) is 0 Å². The molecule has 0 aromatic heterocycles. The Morgan fingerprint density at radius 2 is 1.81 bits per heavy atom. The van der Waals surface area contributed by atoms with E-state index in [2.05, 4.69) is 19.2 Å². The summed E-state index contributed by atoms with van der Waals surface area (Å²) in [7, 11) is 0. The number of rotatable bonds is 5. The molecule has 0 amide bonds. The van der Waals surface area contributed by atoms with Crippen molar-refractivity contribution in [3.8, 4) is 0 Å². The SMILES string of the molecule is CC(C)C1CCCCC1NCC(O)c1c(F)cccc1F. The van der Waals surface area contributed by atoms with E-state index in [9.17, 15) is 13.9 Å². The normalized spacial score (nSPS) is 24.3. The molecule has 1 fully saturated rings. The van der Waals surface area contributed by atoms with E-state index in [0.717, 1.165) is 6.42 Å². The fraction of sp³-hybridized carbons (Fsp3) is 0.647. The molecule has 3 unspecified atom stereocenters. The summed E-state index contributed by atoms with van der Waals surface area (Å²) in [6.45, 7) is 4.60. The van der Waals surface area contributed by atoms with E-state index in [0.29, 0.717) is 17.9 Å². The molecule has 1 aliphatic carbocycles. The smallest absolute Gasteiger partial charge is 0.131 e. The summed E-state index contributed by atoms with van der Waals surface area (Å²) < 4.78 is 27.3. The van der Waals surface area contributed by atoms with Crippen molar-refractivity contribution in [2.75, 3.05) is 6.54 Å². The number of halogens is 2. The third kappa shape index (κ3) is 4.01. The standard InChI is InChI=1S/C17H25F2NO/c1-11(2)12-6-3-4-9-15(12)20-10-16(21)17-13(18)7-5-8-14(17)19/h5,7-8,11-12,15-16,20-21H,3-4,6,9-10H2,1-2H3. The predicted molar refractivity (Wildman–Crippen MR) is 79.9 cm³/mol. The van der Waals surface area contributed by atoms with Crippen molar-refractivity contribution >= 4 is 0 Å². The minimum atomic E-state index is -1.15. The molecule has 1 saturated carbocycles. The Morgan fingerprint density at radius 3 is 2.43 bits per heavy atom. The number of nitrogens with one attached hydrogen (secondary N) is 1. The maximum atomic E-state index is 13.6. The van der Waals surface area contributed by atoms with Gasteiger partial charge in [0, 0.05) is 12.6 Å². The highest BCUT2D eigenvalue weighted by molar-refractivity contribution is 5.22. The number of aliphatic hydroxyl groups excluding tert-OH is 1. The van der Waals surface area contributed by atoms with Gasteiger partial charge in [0.1, 0.15) is 11.6 Å². The topological polar surface area (TPSA) is 32.3 Å². The first-order chi connectivity index (χ1) is 10.0. The van der Waals surface area contributed by atoms with Gasteiger partial charge in [0.25, 0.3) is 0 Å². The van der Waals surface area contributed by atoms with Gasteiger partial charge in [0.05, 0.1) is 11.7 Å². The molecule has 3 atom stereocenters. The van der Waals surface area contributed by atoms with Gasteiger partial charge < -0.3 is 10.4 Å².